The van der Waals surface area contributed by atoms with Crippen molar-refractivity contribution in [1.29, 1.82) is 0 Å². The van der Waals surface area contributed by atoms with E-state index in [1.165, 1.54) is 0 Å². The number of likely N-dealkylation sites (tertiary alicyclic amines) is 1. The molecule has 0 bridgehead atoms. The van der Waals surface area contributed by atoms with Gasteiger partial charge in [0.05, 0.1) is 13.5 Å². The summed E-state index contributed by atoms with van der Waals surface area (Å²) in [7, 11) is 1.63. The first-order valence-corrected chi connectivity index (χ1v) is 5.85. The predicted octanol–water partition coefficient (Wildman–Crippen LogP) is 1.22. The summed E-state index contributed by atoms with van der Waals surface area (Å²) in [6.45, 7) is 1.47. The summed E-state index contributed by atoms with van der Waals surface area (Å²) < 4.78 is 5.13. The van der Waals surface area contributed by atoms with Crippen LogP contribution in [0, 0.1) is 0 Å². The first-order valence-electron chi connectivity index (χ1n) is 5.85. The van der Waals surface area contributed by atoms with E-state index in [1.807, 2.05) is 29.2 Å². The minimum atomic E-state index is 0. The highest BCUT2D eigenvalue weighted by atomic mass is 35.5. The van der Waals surface area contributed by atoms with Crippen LogP contribution in [0.3, 0.4) is 0 Å². The maximum absolute atomic E-state index is 12.0. The van der Waals surface area contributed by atoms with E-state index < -0.39 is 0 Å². The third-order valence-electron chi connectivity index (χ3n) is 3.07. The molecule has 1 aromatic rings. The molecule has 1 aliphatic rings. The smallest absolute Gasteiger partial charge is 0.227 e. The van der Waals surface area contributed by atoms with Crippen molar-refractivity contribution in [3.05, 3.63) is 29.8 Å². The second-order valence-electron chi connectivity index (χ2n) is 4.42. The van der Waals surface area contributed by atoms with Crippen molar-refractivity contribution in [3.63, 3.8) is 0 Å². The van der Waals surface area contributed by atoms with Gasteiger partial charge in [0.15, 0.2) is 0 Å². The van der Waals surface area contributed by atoms with Crippen LogP contribution < -0.4 is 10.5 Å². The lowest BCUT2D eigenvalue weighted by molar-refractivity contribution is -0.129. The summed E-state index contributed by atoms with van der Waals surface area (Å²) >= 11 is 0. The van der Waals surface area contributed by atoms with Crippen molar-refractivity contribution < 1.29 is 9.53 Å². The SMILES string of the molecule is COc1cccc(CC(=O)N2CCC(N)C2)c1.Cl. The van der Waals surface area contributed by atoms with Crippen LogP contribution in [0.5, 0.6) is 5.75 Å². The lowest BCUT2D eigenvalue weighted by Crippen LogP contribution is -2.32. The molecular weight excluding hydrogens is 252 g/mol. The molecule has 4 nitrogen and oxygen atoms in total. The van der Waals surface area contributed by atoms with Gasteiger partial charge in [0.1, 0.15) is 5.75 Å². The Balaban J connectivity index is 0.00000162. The first-order chi connectivity index (χ1) is 8.19. The van der Waals surface area contributed by atoms with Gasteiger partial charge in [-0.25, -0.2) is 0 Å². The molecular formula is C13H19ClN2O2. The molecule has 1 aromatic carbocycles. The van der Waals surface area contributed by atoms with Crippen molar-refractivity contribution in [2.45, 2.75) is 18.9 Å². The molecule has 0 radical (unpaired) electrons. The normalized spacial score (nSPS) is 18.3. The number of rotatable bonds is 3. The second-order valence-corrected chi connectivity index (χ2v) is 4.42. The molecule has 100 valence electrons. The van der Waals surface area contributed by atoms with Gasteiger partial charge in [0.25, 0.3) is 0 Å². The minimum Gasteiger partial charge on any atom is -0.497 e. The highest BCUT2D eigenvalue weighted by Gasteiger charge is 2.23. The first kappa shape index (κ1) is 14.8. The number of hydrogen-bond donors (Lipinski definition) is 1. The molecule has 18 heavy (non-hydrogen) atoms. The molecule has 2 rings (SSSR count). The Morgan fingerprint density at radius 2 is 2.33 bits per heavy atom. The van der Waals surface area contributed by atoms with Gasteiger partial charge in [-0.15, -0.1) is 12.4 Å². The van der Waals surface area contributed by atoms with Crippen LogP contribution in [-0.2, 0) is 11.2 Å². The summed E-state index contributed by atoms with van der Waals surface area (Å²) in [6, 6.07) is 7.76. The van der Waals surface area contributed by atoms with Crippen LogP contribution in [0.25, 0.3) is 0 Å². The van der Waals surface area contributed by atoms with E-state index in [9.17, 15) is 4.79 Å². The van der Waals surface area contributed by atoms with E-state index in [4.69, 9.17) is 10.5 Å². The molecule has 5 heteroatoms. The predicted molar refractivity (Wildman–Crippen MR) is 73.1 cm³/mol. The Hall–Kier alpha value is -1.26. The number of benzene rings is 1. The highest BCUT2D eigenvalue weighted by molar-refractivity contribution is 5.85. The monoisotopic (exact) mass is 270 g/mol. The summed E-state index contributed by atoms with van der Waals surface area (Å²) in [4.78, 5) is 13.8. The van der Waals surface area contributed by atoms with Gasteiger partial charge >= 0.3 is 0 Å². The Kier molecular flexibility index (Phi) is 5.44. The van der Waals surface area contributed by atoms with Gasteiger partial charge in [-0.1, -0.05) is 12.1 Å². The fourth-order valence-corrected chi connectivity index (χ4v) is 2.08. The number of amides is 1. The number of hydrogen-bond acceptors (Lipinski definition) is 3. The number of carbonyl (C=O) groups is 1. The molecule has 1 saturated heterocycles. The largest absolute Gasteiger partial charge is 0.497 e. The average Bonchev–Trinajstić information content (AvgIpc) is 2.76. The molecule has 1 fully saturated rings. The summed E-state index contributed by atoms with van der Waals surface area (Å²) in [5, 5.41) is 0. The fourth-order valence-electron chi connectivity index (χ4n) is 2.08. The van der Waals surface area contributed by atoms with Crippen LogP contribution in [0.2, 0.25) is 0 Å². The highest BCUT2D eigenvalue weighted by Crippen LogP contribution is 2.15. The quantitative estimate of drug-likeness (QED) is 0.899. The molecule has 0 spiro atoms. The van der Waals surface area contributed by atoms with Crippen molar-refractivity contribution >= 4 is 18.3 Å². The summed E-state index contributed by atoms with van der Waals surface area (Å²) in [5.41, 5.74) is 6.77. The number of methoxy groups -OCH3 is 1. The second kappa shape index (κ2) is 6.61. The maximum Gasteiger partial charge on any atom is 0.227 e. The lowest BCUT2D eigenvalue weighted by Gasteiger charge is -2.15. The molecule has 1 aliphatic heterocycles. The van der Waals surface area contributed by atoms with Crippen molar-refractivity contribution in [2.75, 3.05) is 20.2 Å². The topological polar surface area (TPSA) is 55.6 Å². The molecule has 1 heterocycles. The zero-order valence-corrected chi connectivity index (χ0v) is 11.3. The van der Waals surface area contributed by atoms with E-state index >= 15 is 0 Å². The van der Waals surface area contributed by atoms with Gasteiger partial charge in [0.2, 0.25) is 5.91 Å². The van der Waals surface area contributed by atoms with E-state index in [2.05, 4.69) is 0 Å². The van der Waals surface area contributed by atoms with Gasteiger partial charge in [-0.05, 0) is 24.1 Å². The van der Waals surface area contributed by atoms with Gasteiger partial charge < -0.3 is 15.4 Å². The summed E-state index contributed by atoms with van der Waals surface area (Å²) in [6.07, 6.45) is 1.33. The van der Waals surface area contributed by atoms with Gasteiger partial charge in [-0.2, -0.15) is 0 Å². The van der Waals surface area contributed by atoms with Gasteiger partial charge in [0, 0.05) is 19.1 Å². The van der Waals surface area contributed by atoms with Crippen LogP contribution in [0.1, 0.15) is 12.0 Å². The molecule has 2 N–H and O–H groups in total. The Bertz CT molecular complexity index is 412. The van der Waals surface area contributed by atoms with E-state index in [1.54, 1.807) is 7.11 Å². The molecule has 1 unspecified atom stereocenters. The zero-order valence-electron chi connectivity index (χ0n) is 10.5. The average molecular weight is 271 g/mol. The van der Waals surface area contributed by atoms with Crippen LogP contribution in [-0.4, -0.2) is 37.0 Å². The van der Waals surface area contributed by atoms with Crippen molar-refractivity contribution in [1.82, 2.24) is 4.90 Å². The molecule has 1 atom stereocenters. The Morgan fingerprint density at radius 3 is 2.94 bits per heavy atom. The maximum atomic E-state index is 12.0. The minimum absolute atomic E-state index is 0. The van der Waals surface area contributed by atoms with Crippen molar-refractivity contribution in [2.24, 2.45) is 5.73 Å². The van der Waals surface area contributed by atoms with E-state index in [0.717, 1.165) is 24.3 Å². The molecule has 0 aromatic heterocycles. The van der Waals surface area contributed by atoms with Crippen LogP contribution in [0.4, 0.5) is 0 Å². The third-order valence-corrected chi connectivity index (χ3v) is 3.07. The number of nitrogens with zero attached hydrogens (tertiary/aromatic N) is 1. The fraction of sp³-hybridized carbons (Fsp3) is 0.462. The van der Waals surface area contributed by atoms with Crippen molar-refractivity contribution in [3.8, 4) is 5.75 Å². The molecule has 0 saturated carbocycles. The number of nitrogens with two attached hydrogens (primary N) is 1. The van der Waals surface area contributed by atoms with E-state index in [0.29, 0.717) is 13.0 Å². The third kappa shape index (κ3) is 3.62. The number of carbonyl (C=O) groups excluding carboxylic acids is 1. The zero-order chi connectivity index (χ0) is 12.3. The Labute approximate surface area is 114 Å². The van der Waals surface area contributed by atoms with E-state index in [-0.39, 0.29) is 24.4 Å². The number of halogens is 1. The molecule has 1 amide bonds. The Morgan fingerprint density at radius 1 is 1.56 bits per heavy atom. The standard InChI is InChI=1S/C13H18N2O2.ClH/c1-17-12-4-2-3-10(7-12)8-13(16)15-6-5-11(14)9-15;/h2-4,7,11H,5-6,8-9,14H2,1H3;1H. The lowest BCUT2D eigenvalue weighted by atomic mass is 10.1. The van der Waals surface area contributed by atoms with Gasteiger partial charge in [-0.3, -0.25) is 4.79 Å². The summed E-state index contributed by atoms with van der Waals surface area (Å²) in [5.74, 6) is 0.930. The van der Waals surface area contributed by atoms with Crippen LogP contribution >= 0.6 is 12.4 Å². The van der Waals surface area contributed by atoms with Crippen LogP contribution in [0.15, 0.2) is 24.3 Å². The number of ether oxygens (including phenoxy) is 1. The molecule has 0 aliphatic carbocycles.